The first kappa shape index (κ1) is 31.6. The molecule has 0 amide bonds. The van der Waals surface area contributed by atoms with Crippen LogP contribution >= 0.6 is 0 Å². The van der Waals surface area contributed by atoms with E-state index in [2.05, 4.69) is 67.0 Å². The van der Waals surface area contributed by atoms with Crippen LogP contribution in [0.4, 0.5) is 0 Å². The average molecular weight is 595 g/mol. The molecule has 1 saturated heterocycles. The number of ether oxygens (including phenoxy) is 5. The highest BCUT2D eigenvalue weighted by Crippen LogP contribution is 2.38. The normalized spacial score (nSPS) is 23.6. The molecule has 1 fully saturated rings. The fraction of sp³-hybridized carbons (Fsp3) is 0.351. The molecule has 5 nitrogen and oxygen atoms in total. The summed E-state index contributed by atoms with van der Waals surface area (Å²) in [7, 11) is 0. The molecule has 1 aliphatic rings. The summed E-state index contributed by atoms with van der Waals surface area (Å²) in [6, 6.07) is 41.1. The lowest BCUT2D eigenvalue weighted by atomic mass is 9.94. The predicted molar refractivity (Wildman–Crippen MR) is 172 cm³/mol. The highest BCUT2D eigenvalue weighted by atomic mass is 27.2. The Morgan fingerprint density at radius 1 is 0.558 bits per heavy atom. The summed E-state index contributed by atoms with van der Waals surface area (Å²) in [6.07, 6.45) is -1.42. The van der Waals surface area contributed by atoms with Gasteiger partial charge in [-0.05, 0) is 29.2 Å². The molecule has 4 aromatic carbocycles. The van der Waals surface area contributed by atoms with Crippen LogP contribution in [0.1, 0.15) is 29.2 Å². The SMILES string of the molecule is [CH3][Al]([CH3])[C@]1(C)O[C@H](COCc2ccccc2)[C@@H](OCc2ccccc2)[C@H](OCc2ccccc2)[C@H]1OCc1ccccc1. The third-order valence-corrected chi connectivity index (χ3v) is 11.1. The van der Waals surface area contributed by atoms with Crippen LogP contribution in [0.3, 0.4) is 0 Å². The van der Waals surface area contributed by atoms with Crippen molar-refractivity contribution in [2.45, 2.75) is 73.8 Å². The first-order valence-electron chi connectivity index (χ1n) is 15.3. The molecule has 0 unspecified atom stereocenters. The summed E-state index contributed by atoms with van der Waals surface area (Å²) in [5.74, 6) is 4.64. The lowest BCUT2D eigenvalue weighted by Gasteiger charge is -2.53. The molecule has 0 aliphatic carbocycles. The van der Waals surface area contributed by atoms with Gasteiger partial charge in [0.25, 0.3) is 0 Å². The van der Waals surface area contributed by atoms with Gasteiger partial charge in [-0.15, -0.1) is 11.6 Å². The molecule has 1 aliphatic heterocycles. The third-order valence-electron chi connectivity index (χ3n) is 8.34. The smallest absolute Gasteiger partial charge is 0.308 e. The summed E-state index contributed by atoms with van der Waals surface area (Å²) in [5, 5.41) is 0. The van der Waals surface area contributed by atoms with E-state index < -0.39 is 24.7 Å². The summed E-state index contributed by atoms with van der Waals surface area (Å²) < 4.78 is 33.3. The Balaban J connectivity index is 1.45. The van der Waals surface area contributed by atoms with Crippen LogP contribution in [0.15, 0.2) is 121 Å². The number of rotatable bonds is 14. The molecule has 0 bridgehead atoms. The number of hydrogen-bond acceptors (Lipinski definition) is 5. The molecule has 0 aromatic heterocycles. The van der Waals surface area contributed by atoms with Crippen molar-refractivity contribution >= 4 is 14.1 Å². The zero-order valence-electron chi connectivity index (χ0n) is 25.5. The molecule has 6 heteroatoms. The van der Waals surface area contributed by atoms with Crippen molar-refractivity contribution in [1.82, 2.24) is 0 Å². The zero-order chi connectivity index (χ0) is 29.9. The molecule has 5 atom stereocenters. The Kier molecular flexibility index (Phi) is 11.6. The van der Waals surface area contributed by atoms with E-state index in [-0.39, 0.29) is 18.3 Å². The van der Waals surface area contributed by atoms with Crippen LogP contribution in [0.25, 0.3) is 0 Å². The van der Waals surface area contributed by atoms with Crippen molar-refractivity contribution in [3.8, 4) is 0 Å². The van der Waals surface area contributed by atoms with E-state index in [9.17, 15) is 0 Å². The number of benzene rings is 4. The van der Waals surface area contributed by atoms with Gasteiger partial charge < -0.3 is 23.7 Å². The molecular formula is C37H43AlO5. The predicted octanol–water partition coefficient (Wildman–Crippen LogP) is 7.41. The lowest BCUT2D eigenvalue weighted by molar-refractivity contribution is -0.283. The van der Waals surface area contributed by atoms with Gasteiger partial charge in [-0.1, -0.05) is 121 Å². The molecule has 5 rings (SSSR count). The fourth-order valence-corrected chi connectivity index (χ4v) is 6.96. The number of hydrogen-bond donors (Lipinski definition) is 0. The van der Waals surface area contributed by atoms with Gasteiger partial charge >= 0.3 is 14.1 Å². The topological polar surface area (TPSA) is 46.2 Å². The monoisotopic (exact) mass is 594 g/mol. The lowest BCUT2D eigenvalue weighted by Crippen LogP contribution is -2.69. The van der Waals surface area contributed by atoms with E-state index >= 15 is 0 Å². The van der Waals surface area contributed by atoms with Crippen molar-refractivity contribution in [2.75, 3.05) is 6.61 Å². The van der Waals surface area contributed by atoms with Crippen molar-refractivity contribution in [3.63, 3.8) is 0 Å². The third kappa shape index (κ3) is 8.65. The minimum atomic E-state index is -1.46. The van der Waals surface area contributed by atoms with Crippen molar-refractivity contribution in [3.05, 3.63) is 144 Å². The maximum Gasteiger partial charge on any atom is 0.308 e. The molecule has 0 N–H and O–H groups in total. The van der Waals surface area contributed by atoms with Gasteiger partial charge in [-0.2, -0.15) is 0 Å². The van der Waals surface area contributed by atoms with Crippen LogP contribution in [0.5, 0.6) is 0 Å². The second-order valence-corrected chi connectivity index (χ2v) is 15.2. The van der Waals surface area contributed by atoms with E-state index in [4.69, 9.17) is 23.7 Å². The van der Waals surface area contributed by atoms with Crippen LogP contribution in [0, 0.1) is 0 Å². The standard InChI is InChI=1S/C35H37O5.2CH3.Al/c1-27-33(37-23-29-16-8-3-9-17-29)35(39-25-31-20-12-5-13-21-31)34(38-24-30-18-10-4-11-19-30)32(40-27)26-36-22-28-14-6-2-7-15-28;;;/h2-21,32-35H,22-26H2,1H3;2*1H3;/t32-,33+,34-,35-;;;/m1.../s1. The van der Waals surface area contributed by atoms with Crippen molar-refractivity contribution < 1.29 is 23.7 Å². The van der Waals surface area contributed by atoms with Crippen molar-refractivity contribution in [1.29, 1.82) is 0 Å². The molecule has 224 valence electrons. The van der Waals surface area contributed by atoms with Gasteiger partial charge in [0.15, 0.2) is 0 Å². The first-order chi connectivity index (χ1) is 21.0. The van der Waals surface area contributed by atoms with Gasteiger partial charge in [-0.3, -0.25) is 0 Å². The van der Waals surface area contributed by atoms with E-state index in [1.54, 1.807) is 0 Å². The minimum Gasteiger partial charge on any atom is -0.379 e. The highest BCUT2D eigenvalue weighted by molar-refractivity contribution is 6.59. The summed E-state index contributed by atoms with van der Waals surface area (Å²) >= 11 is -1.46. The molecule has 4 aromatic rings. The molecule has 0 spiro atoms. The summed E-state index contributed by atoms with van der Waals surface area (Å²) in [5.41, 5.74) is 4.45. The van der Waals surface area contributed by atoms with E-state index in [0.717, 1.165) is 22.3 Å². The van der Waals surface area contributed by atoms with Crippen LogP contribution < -0.4 is 0 Å². The van der Waals surface area contributed by atoms with Crippen molar-refractivity contribution in [2.24, 2.45) is 0 Å². The zero-order valence-corrected chi connectivity index (χ0v) is 26.7. The van der Waals surface area contributed by atoms with E-state index in [1.165, 1.54) is 0 Å². The molecule has 1 heterocycles. The second-order valence-electron chi connectivity index (χ2n) is 11.7. The molecule has 0 saturated carbocycles. The quantitative estimate of drug-likeness (QED) is 0.142. The Morgan fingerprint density at radius 3 is 1.40 bits per heavy atom. The maximum absolute atomic E-state index is 7.06. The van der Waals surface area contributed by atoms with E-state index in [1.807, 2.05) is 72.8 Å². The van der Waals surface area contributed by atoms with Gasteiger partial charge in [0.1, 0.15) is 24.4 Å². The largest absolute Gasteiger partial charge is 0.379 e. The molecular weight excluding hydrogens is 551 g/mol. The highest BCUT2D eigenvalue weighted by Gasteiger charge is 2.56. The van der Waals surface area contributed by atoms with Gasteiger partial charge in [0, 0.05) is 4.46 Å². The Hall–Kier alpha value is -2.79. The Labute approximate surface area is 261 Å². The van der Waals surface area contributed by atoms with Crippen LogP contribution in [0.2, 0.25) is 11.6 Å². The fourth-order valence-electron chi connectivity index (χ4n) is 5.57. The summed E-state index contributed by atoms with van der Waals surface area (Å²) in [4.78, 5) is 0. The molecule has 0 radical (unpaired) electrons. The van der Waals surface area contributed by atoms with Gasteiger partial charge in [-0.25, -0.2) is 0 Å². The van der Waals surface area contributed by atoms with Gasteiger partial charge in [0.2, 0.25) is 0 Å². The second kappa shape index (κ2) is 15.8. The average Bonchev–Trinajstić information content (AvgIpc) is 3.04. The molecule has 43 heavy (non-hydrogen) atoms. The van der Waals surface area contributed by atoms with Crippen LogP contribution in [-0.2, 0) is 50.1 Å². The Morgan fingerprint density at radius 2 is 0.953 bits per heavy atom. The van der Waals surface area contributed by atoms with E-state index in [0.29, 0.717) is 33.0 Å². The first-order valence-corrected chi connectivity index (χ1v) is 18.2. The Bertz CT molecular complexity index is 1340. The minimum absolute atomic E-state index is 0.325. The maximum atomic E-state index is 7.06. The summed E-state index contributed by atoms with van der Waals surface area (Å²) in [6.45, 7) is 4.46. The van der Waals surface area contributed by atoms with Crippen LogP contribution in [-0.4, -0.2) is 49.6 Å². The van der Waals surface area contributed by atoms with Gasteiger partial charge in [0.05, 0.1) is 33.0 Å².